The third kappa shape index (κ3) is 5.05. The van der Waals surface area contributed by atoms with E-state index < -0.39 is 0 Å². The van der Waals surface area contributed by atoms with Crippen LogP contribution in [0.15, 0.2) is 23.1 Å². The van der Waals surface area contributed by atoms with E-state index in [9.17, 15) is 4.79 Å². The molecule has 0 fully saturated rings. The number of hydrogen-bond donors (Lipinski definition) is 1. The van der Waals surface area contributed by atoms with Gasteiger partial charge in [-0.3, -0.25) is 4.79 Å². The zero-order valence-corrected chi connectivity index (χ0v) is 11.9. The van der Waals surface area contributed by atoms with Gasteiger partial charge in [-0.2, -0.15) is 0 Å². The van der Waals surface area contributed by atoms with Crippen molar-refractivity contribution in [1.82, 2.24) is 9.88 Å². The smallest absolute Gasteiger partial charge is 0.255 e. The summed E-state index contributed by atoms with van der Waals surface area (Å²) in [5, 5.41) is 3.32. The molecule has 0 aliphatic rings. The van der Waals surface area contributed by atoms with E-state index in [1.54, 1.807) is 0 Å². The molecule has 0 unspecified atom stereocenters. The topological polar surface area (TPSA) is 34.0 Å². The second-order valence-corrected chi connectivity index (χ2v) is 5.26. The fraction of sp³-hybridized carbons (Fsp3) is 0.667. The molecule has 0 aromatic carbocycles. The Kier molecular flexibility index (Phi) is 6.73. The van der Waals surface area contributed by atoms with Gasteiger partial charge in [0.1, 0.15) is 0 Å². The molecule has 18 heavy (non-hydrogen) atoms. The normalized spacial score (nSPS) is 11.1. The molecule has 0 saturated carbocycles. The maximum Gasteiger partial charge on any atom is 0.255 e. The predicted octanol–water partition coefficient (Wildman–Crippen LogP) is 2.78. The molecule has 0 amide bonds. The first-order valence-corrected chi connectivity index (χ1v) is 7.04. The van der Waals surface area contributed by atoms with Crippen LogP contribution in [-0.2, 0) is 13.1 Å². The third-order valence-corrected chi connectivity index (χ3v) is 2.97. The summed E-state index contributed by atoms with van der Waals surface area (Å²) in [7, 11) is 0. The Morgan fingerprint density at radius 3 is 2.78 bits per heavy atom. The molecular formula is C15H26N2O. The highest BCUT2D eigenvalue weighted by Gasteiger charge is 2.03. The van der Waals surface area contributed by atoms with Gasteiger partial charge in [-0.05, 0) is 24.9 Å². The van der Waals surface area contributed by atoms with Crippen LogP contribution in [-0.4, -0.2) is 11.1 Å². The lowest BCUT2D eigenvalue weighted by Crippen LogP contribution is -2.28. The second-order valence-electron chi connectivity index (χ2n) is 5.26. The SMILES string of the molecule is CCCCCn1cccc(CNCC(C)C)c1=O. The lowest BCUT2D eigenvalue weighted by atomic mass is 10.2. The van der Waals surface area contributed by atoms with E-state index in [0.29, 0.717) is 12.5 Å². The van der Waals surface area contributed by atoms with E-state index in [2.05, 4.69) is 26.1 Å². The van der Waals surface area contributed by atoms with Gasteiger partial charge in [-0.15, -0.1) is 0 Å². The van der Waals surface area contributed by atoms with E-state index in [0.717, 1.165) is 25.1 Å². The number of pyridine rings is 1. The van der Waals surface area contributed by atoms with Gasteiger partial charge in [-0.25, -0.2) is 0 Å². The van der Waals surface area contributed by atoms with Crippen LogP contribution < -0.4 is 10.9 Å². The third-order valence-electron chi connectivity index (χ3n) is 2.97. The number of rotatable bonds is 8. The molecular weight excluding hydrogens is 224 g/mol. The van der Waals surface area contributed by atoms with Crippen molar-refractivity contribution in [3.8, 4) is 0 Å². The van der Waals surface area contributed by atoms with E-state index >= 15 is 0 Å². The van der Waals surface area contributed by atoms with Gasteiger partial charge in [0.05, 0.1) is 0 Å². The molecule has 3 heteroatoms. The van der Waals surface area contributed by atoms with Crippen molar-refractivity contribution in [3.63, 3.8) is 0 Å². The molecule has 102 valence electrons. The average Bonchev–Trinajstić information content (AvgIpc) is 2.33. The lowest BCUT2D eigenvalue weighted by molar-refractivity contribution is 0.543. The minimum Gasteiger partial charge on any atom is -0.315 e. The summed E-state index contributed by atoms with van der Waals surface area (Å²) in [6.07, 6.45) is 5.34. The number of nitrogens with zero attached hydrogens (tertiary/aromatic N) is 1. The first kappa shape index (κ1) is 15.0. The van der Waals surface area contributed by atoms with Crippen molar-refractivity contribution < 1.29 is 0 Å². The predicted molar refractivity (Wildman–Crippen MR) is 76.8 cm³/mol. The van der Waals surface area contributed by atoms with Gasteiger partial charge < -0.3 is 9.88 Å². The molecule has 3 nitrogen and oxygen atoms in total. The van der Waals surface area contributed by atoms with Gasteiger partial charge in [0, 0.05) is 24.8 Å². The van der Waals surface area contributed by atoms with Crippen LogP contribution in [0.4, 0.5) is 0 Å². The summed E-state index contributed by atoms with van der Waals surface area (Å²) in [6, 6.07) is 3.89. The Morgan fingerprint density at radius 1 is 1.33 bits per heavy atom. The summed E-state index contributed by atoms with van der Waals surface area (Å²) in [4.78, 5) is 12.2. The van der Waals surface area contributed by atoms with E-state index in [-0.39, 0.29) is 5.56 Å². The molecule has 0 bridgehead atoms. The van der Waals surface area contributed by atoms with E-state index in [1.807, 2.05) is 22.9 Å². The quantitative estimate of drug-likeness (QED) is 0.720. The van der Waals surface area contributed by atoms with Crippen molar-refractivity contribution in [2.75, 3.05) is 6.54 Å². The maximum atomic E-state index is 12.2. The van der Waals surface area contributed by atoms with Crippen LogP contribution in [0.3, 0.4) is 0 Å². The number of unbranched alkanes of at least 4 members (excludes halogenated alkanes) is 2. The monoisotopic (exact) mass is 250 g/mol. The minimum absolute atomic E-state index is 0.157. The standard InChI is InChI=1S/C15H26N2O/c1-4-5-6-9-17-10-7-8-14(15(17)18)12-16-11-13(2)3/h7-8,10,13,16H,4-6,9,11-12H2,1-3H3. The fourth-order valence-electron chi connectivity index (χ4n) is 1.92. The Bertz CT molecular complexity index is 396. The van der Waals surface area contributed by atoms with Crippen LogP contribution in [0.5, 0.6) is 0 Å². The van der Waals surface area contributed by atoms with Crippen molar-refractivity contribution >= 4 is 0 Å². The van der Waals surface area contributed by atoms with Gasteiger partial charge in [-0.1, -0.05) is 39.7 Å². The van der Waals surface area contributed by atoms with Crippen LogP contribution >= 0.6 is 0 Å². The lowest BCUT2D eigenvalue weighted by Gasteiger charge is -2.10. The fourth-order valence-corrected chi connectivity index (χ4v) is 1.92. The van der Waals surface area contributed by atoms with Crippen LogP contribution in [0.25, 0.3) is 0 Å². The summed E-state index contributed by atoms with van der Waals surface area (Å²) < 4.78 is 1.84. The van der Waals surface area contributed by atoms with Gasteiger partial charge in [0.2, 0.25) is 0 Å². The molecule has 1 heterocycles. The molecule has 0 aliphatic carbocycles. The summed E-state index contributed by atoms with van der Waals surface area (Å²) in [6.45, 7) is 8.97. The highest BCUT2D eigenvalue weighted by molar-refractivity contribution is 5.10. The zero-order valence-electron chi connectivity index (χ0n) is 11.9. The van der Waals surface area contributed by atoms with E-state index in [4.69, 9.17) is 0 Å². The van der Waals surface area contributed by atoms with E-state index in [1.165, 1.54) is 12.8 Å². The van der Waals surface area contributed by atoms with Crippen LogP contribution in [0.1, 0.15) is 45.6 Å². The van der Waals surface area contributed by atoms with Gasteiger partial charge in [0.15, 0.2) is 0 Å². The Balaban J connectivity index is 2.58. The molecule has 0 radical (unpaired) electrons. The second kappa shape index (κ2) is 8.09. The van der Waals surface area contributed by atoms with Gasteiger partial charge in [0.25, 0.3) is 5.56 Å². The molecule has 1 N–H and O–H groups in total. The largest absolute Gasteiger partial charge is 0.315 e. The van der Waals surface area contributed by atoms with Crippen LogP contribution in [0.2, 0.25) is 0 Å². The van der Waals surface area contributed by atoms with Crippen molar-refractivity contribution in [2.45, 2.75) is 53.1 Å². The molecule has 0 saturated heterocycles. The maximum absolute atomic E-state index is 12.2. The summed E-state index contributed by atoms with van der Waals surface area (Å²) >= 11 is 0. The summed E-state index contributed by atoms with van der Waals surface area (Å²) in [5.74, 6) is 0.612. The molecule has 1 aromatic rings. The first-order valence-electron chi connectivity index (χ1n) is 7.04. The highest BCUT2D eigenvalue weighted by Crippen LogP contribution is 1.98. The highest BCUT2D eigenvalue weighted by atomic mass is 16.1. The average molecular weight is 250 g/mol. The summed E-state index contributed by atoms with van der Waals surface area (Å²) in [5.41, 5.74) is 1.03. The zero-order chi connectivity index (χ0) is 13.4. The number of aryl methyl sites for hydroxylation is 1. The number of aromatic nitrogens is 1. The van der Waals surface area contributed by atoms with Crippen molar-refractivity contribution in [1.29, 1.82) is 0 Å². The van der Waals surface area contributed by atoms with Crippen LogP contribution in [0, 0.1) is 5.92 Å². The minimum atomic E-state index is 0.157. The number of hydrogen-bond acceptors (Lipinski definition) is 2. The van der Waals surface area contributed by atoms with Gasteiger partial charge >= 0.3 is 0 Å². The Morgan fingerprint density at radius 2 is 2.11 bits per heavy atom. The first-order chi connectivity index (χ1) is 8.65. The molecule has 1 rings (SSSR count). The Hall–Kier alpha value is -1.09. The van der Waals surface area contributed by atoms with Crippen molar-refractivity contribution in [3.05, 3.63) is 34.2 Å². The molecule has 1 aromatic heterocycles. The number of nitrogens with one attached hydrogen (secondary N) is 1. The molecule has 0 spiro atoms. The Labute approximate surface area is 110 Å². The molecule has 0 atom stereocenters. The molecule has 0 aliphatic heterocycles. The van der Waals surface area contributed by atoms with Crippen molar-refractivity contribution in [2.24, 2.45) is 5.92 Å².